The number of nitrogens with one attached hydrogen (secondary N) is 1. The lowest BCUT2D eigenvalue weighted by molar-refractivity contribution is 0.111. The molecule has 0 amide bonds. The molecular weight excluding hydrogens is 350 g/mol. The molecule has 2 aromatic heterocycles. The molecule has 6 heteroatoms. The highest BCUT2D eigenvalue weighted by Gasteiger charge is 2.04. The minimum absolute atomic E-state index is 0.170. The summed E-state index contributed by atoms with van der Waals surface area (Å²) in [4.78, 5) is 13.4. The minimum Gasteiger partial charge on any atom is -0.361 e. The first-order valence-electron chi connectivity index (χ1n) is 8.49. The van der Waals surface area contributed by atoms with E-state index in [2.05, 4.69) is 17.1 Å². The van der Waals surface area contributed by atoms with Crippen LogP contribution in [0.5, 0.6) is 0 Å². The normalized spacial score (nSPS) is 10.5. The van der Waals surface area contributed by atoms with E-state index in [0.29, 0.717) is 18.5 Å². The Balaban J connectivity index is 0.000000159. The van der Waals surface area contributed by atoms with Crippen LogP contribution in [0.3, 0.4) is 0 Å². The quantitative estimate of drug-likeness (QED) is 0.511. The number of rotatable bonds is 4. The highest BCUT2D eigenvalue weighted by atomic mass is 19.1. The van der Waals surface area contributed by atoms with Crippen molar-refractivity contribution in [1.29, 1.82) is 0 Å². The first kappa shape index (κ1) is 18.5. The average Bonchev–Trinajstić information content (AvgIpc) is 3.30. The highest BCUT2D eigenvalue weighted by molar-refractivity contribution is 5.83. The predicted molar refractivity (Wildman–Crippen MR) is 98.7 cm³/mol. The monoisotopic (exact) mass is 368 g/mol. The van der Waals surface area contributed by atoms with Crippen molar-refractivity contribution in [3.05, 3.63) is 88.9 Å². The Bertz CT molecular complexity index is 1040. The van der Waals surface area contributed by atoms with E-state index in [-0.39, 0.29) is 17.3 Å². The summed E-state index contributed by atoms with van der Waals surface area (Å²) in [7, 11) is 0. The van der Waals surface area contributed by atoms with Crippen LogP contribution in [0.25, 0.3) is 10.9 Å². The fraction of sp³-hybridized carbons (Fsp3) is 0.143. The molecule has 27 heavy (non-hydrogen) atoms. The largest absolute Gasteiger partial charge is 0.361 e. The molecule has 4 nitrogen and oxygen atoms in total. The van der Waals surface area contributed by atoms with Crippen LogP contribution in [-0.2, 0) is 12.8 Å². The Morgan fingerprint density at radius 1 is 1.07 bits per heavy atom. The molecule has 0 saturated heterocycles. The van der Waals surface area contributed by atoms with Crippen LogP contribution in [-0.4, -0.2) is 16.4 Å². The molecule has 0 saturated carbocycles. The Labute approximate surface area is 154 Å². The Kier molecular flexibility index (Phi) is 5.76. The van der Waals surface area contributed by atoms with Crippen molar-refractivity contribution in [1.82, 2.24) is 10.1 Å². The van der Waals surface area contributed by atoms with E-state index >= 15 is 0 Å². The van der Waals surface area contributed by atoms with Gasteiger partial charge in [-0.25, -0.2) is 8.78 Å². The molecule has 4 aromatic rings. The maximum atomic E-state index is 12.8. The van der Waals surface area contributed by atoms with Gasteiger partial charge in [0.2, 0.25) is 0 Å². The van der Waals surface area contributed by atoms with E-state index < -0.39 is 0 Å². The van der Waals surface area contributed by atoms with Crippen molar-refractivity contribution in [3.8, 4) is 0 Å². The highest BCUT2D eigenvalue weighted by Crippen LogP contribution is 2.19. The molecule has 0 atom stereocenters. The number of benzene rings is 2. The number of carbonyl (C=O) groups is 1. The third-order valence-electron chi connectivity index (χ3n) is 4.10. The molecule has 0 spiro atoms. The first-order valence-corrected chi connectivity index (χ1v) is 8.49. The number of nitrogens with zero attached hydrogens (tertiary/aromatic N) is 1. The summed E-state index contributed by atoms with van der Waals surface area (Å²) in [5.74, 6) is 0.144. The Morgan fingerprint density at radius 3 is 2.48 bits per heavy atom. The molecule has 4 rings (SSSR count). The number of carbonyl (C=O) groups excluding carboxylic acids is 1. The van der Waals surface area contributed by atoms with Crippen LogP contribution in [0.15, 0.2) is 59.3 Å². The molecule has 0 aliphatic heterocycles. The van der Waals surface area contributed by atoms with Crippen LogP contribution in [0.1, 0.15) is 34.3 Å². The van der Waals surface area contributed by atoms with E-state index in [0.717, 1.165) is 22.9 Å². The zero-order valence-electron chi connectivity index (χ0n) is 14.7. The lowest BCUT2D eigenvalue weighted by Crippen LogP contribution is -1.85. The van der Waals surface area contributed by atoms with E-state index in [1.54, 1.807) is 30.3 Å². The fourth-order valence-electron chi connectivity index (χ4n) is 2.71. The Morgan fingerprint density at radius 2 is 1.81 bits per heavy atom. The van der Waals surface area contributed by atoms with Gasteiger partial charge in [0.05, 0.1) is 0 Å². The molecule has 138 valence electrons. The summed E-state index contributed by atoms with van der Waals surface area (Å²) < 4.78 is 30.3. The minimum atomic E-state index is -0.273. The van der Waals surface area contributed by atoms with Gasteiger partial charge in [-0.3, -0.25) is 4.79 Å². The van der Waals surface area contributed by atoms with E-state index in [1.807, 2.05) is 6.20 Å². The second-order valence-electron chi connectivity index (χ2n) is 6.00. The molecule has 0 radical (unpaired) electrons. The number of hydrogen-bond donors (Lipinski definition) is 1. The average molecular weight is 368 g/mol. The van der Waals surface area contributed by atoms with E-state index in [4.69, 9.17) is 4.52 Å². The first-order chi connectivity index (χ1) is 13.1. The van der Waals surface area contributed by atoms with Crippen molar-refractivity contribution in [3.63, 3.8) is 0 Å². The van der Waals surface area contributed by atoms with Gasteiger partial charge in [0, 0.05) is 29.6 Å². The van der Waals surface area contributed by atoms with Crippen LogP contribution in [0.2, 0.25) is 0 Å². The lowest BCUT2D eigenvalue weighted by Gasteiger charge is -1.96. The fourth-order valence-corrected chi connectivity index (χ4v) is 2.71. The molecular formula is C21H18F2N2O2. The summed E-state index contributed by atoms with van der Waals surface area (Å²) in [6.45, 7) is 2.06. The number of fused-ring (bicyclic) bond motifs is 1. The third kappa shape index (κ3) is 4.67. The standard InChI is InChI=1S/C11H8FNO2.C10H10FN/c12-9-3-1-8(2-4-9)5-11-6-10(7-14)13-15-11;1-2-7-6-12-10-4-3-8(11)5-9(7)10/h1-4,6-7H,5H2;3-6,12H,2H2,1H3. The second kappa shape index (κ2) is 8.40. The van der Waals surface area contributed by atoms with Gasteiger partial charge in [-0.05, 0) is 47.9 Å². The summed E-state index contributed by atoms with van der Waals surface area (Å²) in [6.07, 6.45) is 3.99. The van der Waals surface area contributed by atoms with Crippen LogP contribution >= 0.6 is 0 Å². The zero-order chi connectivity index (χ0) is 19.2. The smallest absolute Gasteiger partial charge is 0.171 e. The van der Waals surface area contributed by atoms with Gasteiger partial charge >= 0.3 is 0 Å². The topological polar surface area (TPSA) is 58.9 Å². The number of aldehydes is 1. The number of hydrogen-bond acceptors (Lipinski definition) is 3. The second-order valence-corrected chi connectivity index (χ2v) is 6.00. The van der Waals surface area contributed by atoms with Crippen molar-refractivity contribution >= 4 is 17.2 Å². The van der Waals surface area contributed by atoms with E-state index in [9.17, 15) is 13.6 Å². The van der Waals surface area contributed by atoms with Gasteiger partial charge < -0.3 is 9.51 Å². The molecule has 0 fully saturated rings. The third-order valence-corrected chi connectivity index (χ3v) is 4.10. The summed E-state index contributed by atoms with van der Waals surface area (Å²) in [5, 5.41) is 4.53. The summed E-state index contributed by atoms with van der Waals surface area (Å²) in [5.41, 5.74) is 3.36. The van der Waals surface area contributed by atoms with Gasteiger partial charge in [-0.15, -0.1) is 0 Å². The van der Waals surface area contributed by atoms with Gasteiger partial charge in [0.1, 0.15) is 23.1 Å². The van der Waals surface area contributed by atoms with Crippen LogP contribution in [0.4, 0.5) is 8.78 Å². The van der Waals surface area contributed by atoms with Gasteiger partial charge in [0.15, 0.2) is 6.29 Å². The van der Waals surface area contributed by atoms with Gasteiger partial charge in [-0.2, -0.15) is 0 Å². The molecule has 1 N–H and O–H groups in total. The van der Waals surface area contributed by atoms with Crippen molar-refractivity contribution in [2.24, 2.45) is 0 Å². The zero-order valence-corrected chi connectivity index (χ0v) is 14.7. The summed E-state index contributed by atoms with van der Waals surface area (Å²) in [6, 6.07) is 12.5. The maximum absolute atomic E-state index is 12.8. The van der Waals surface area contributed by atoms with Gasteiger partial charge in [0.25, 0.3) is 0 Å². The molecule has 0 aliphatic carbocycles. The molecule has 2 aromatic carbocycles. The number of aromatic amines is 1. The van der Waals surface area contributed by atoms with Crippen LogP contribution < -0.4 is 0 Å². The predicted octanol–water partition coefficient (Wildman–Crippen LogP) is 5.09. The molecule has 0 aliphatic rings. The van der Waals surface area contributed by atoms with E-state index in [1.165, 1.54) is 23.8 Å². The molecule has 0 unspecified atom stereocenters. The maximum Gasteiger partial charge on any atom is 0.171 e. The van der Waals surface area contributed by atoms with Crippen molar-refractivity contribution < 1.29 is 18.1 Å². The van der Waals surface area contributed by atoms with Crippen molar-refractivity contribution in [2.45, 2.75) is 19.8 Å². The van der Waals surface area contributed by atoms with Crippen LogP contribution in [0, 0.1) is 11.6 Å². The SMILES string of the molecule is CCc1c[nH]c2ccc(F)cc12.O=Cc1cc(Cc2ccc(F)cc2)on1. The number of aryl methyl sites for hydroxylation is 1. The van der Waals surface area contributed by atoms with Gasteiger partial charge in [-0.1, -0.05) is 24.2 Å². The van der Waals surface area contributed by atoms with Crippen molar-refractivity contribution in [2.75, 3.05) is 0 Å². The summed E-state index contributed by atoms with van der Waals surface area (Å²) >= 11 is 0. The number of aromatic nitrogens is 2. The molecule has 0 bridgehead atoms. The Hall–Kier alpha value is -3.28. The molecule has 2 heterocycles. The number of halogens is 2. The number of H-pyrrole nitrogens is 1. The lowest BCUT2D eigenvalue weighted by atomic mass is 10.1.